The predicted octanol–water partition coefficient (Wildman–Crippen LogP) is 3.69. The summed E-state index contributed by atoms with van der Waals surface area (Å²) in [6.07, 6.45) is 0. The smallest absolute Gasteiger partial charge is 0.138 e. The first-order valence-corrected chi connectivity index (χ1v) is 6.41. The summed E-state index contributed by atoms with van der Waals surface area (Å²) in [7, 11) is 0. The zero-order valence-electron chi connectivity index (χ0n) is 10.7. The summed E-state index contributed by atoms with van der Waals surface area (Å²) in [5, 5.41) is 0.600. The minimum Gasteiger partial charge on any atom is -0.490 e. The van der Waals surface area contributed by atoms with E-state index < -0.39 is 0 Å². The van der Waals surface area contributed by atoms with Gasteiger partial charge in [0.15, 0.2) is 0 Å². The van der Waals surface area contributed by atoms with E-state index in [4.69, 9.17) is 26.8 Å². The fourth-order valence-corrected chi connectivity index (χ4v) is 1.83. The molecule has 0 amide bonds. The Morgan fingerprint density at radius 3 is 2.42 bits per heavy atom. The lowest BCUT2D eigenvalue weighted by molar-refractivity contribution is 0.216. The number of nitrogen functional groups attached to an aromatic ring is 1. The molecule has 0 aliphatic heterocycles. The Labute approximate surface area is 117 Å². The molecule has 0 radical (unpaired) electrons. The predicted molar refractivity (Wildman–Crippen MR) is 78.0 cm³/mol. The van der Waals surface area contributed by atoms with Gasteiger partial charge < -0.3 is 15.2 Å². The molecule has 19 heavy (non-hydrogen) atoms. The van der Waals surface area contributed by atoms with Crippen LogP contribution in [0, 0.1) is 6.92 Å². The summed E-state index contributed by atoms with van der Waals surface area (Å²) in [6.45, 7) is 2.84. The Balaban J connectivity index is 1.84. The Hall–Kier alpha value is -1.87. The largest absolute Gasteiger partial charge is 0.490 e. The molecule has 0 heterocycles. The van der Waals surface area contributed by atoms with Crippen LogP contribution in [0.1, 0.15) is 5.56 Å². The van der Waals surface area contributed by atoms with Crippen molar-refractivity contribution in [3.8, 4) is 11.5 Å². The van der Waals surface area contributed by atoms with Crippen molar-refractivity contribution < 1.29 is 9.47 Å². The Bertz CT molecular complexity index is 558. The van der Waals surface area contributed by atoms with Gasteiger partial charge in [0.25, 0.3) is 0 Å². The highest BCUT2D eigenvalue weighted by molar-refractivity contribution is 6.32. The van der Waals surface area contributed by atoms with Crippen molar-refractivity contribution in [1.29, 1.82) is 0 Å². The number of hydrogen-bond donors (Lipinski definition) is 1. The normalized spacial score (nSPS) is 10.2. The number of anilines is 1. The third kappa shape index (κ3) is 3.80. The van der Waals surface area contributed by atoms with E-state index in [9.17, 15) is 0 Å². The number of rotatable bonds is 5. The van der Waals surface area contributed by atoms with Gasteiger partial charge >= 0.3 is 0 Å². The molecule has 4 heteroatoms. The second kappa shape index (κ2) is 6.34. The average molecular weight is 278 g/mol. The van der Waals surface area contributed by atoms with Crippen molar-refractivity contribution in [3.05, 3.63) is 53.1 Å². The molecular formula is C15H16ClNO2. The van der Waals surface area contributed by atoms with Crippen molar-refractivity contribution in [2.24, 2.45) is 0 Å². The molecule has 0 atom stereocenters. The number of benzene rings is 2. The molecule has 0 bridgehead atoms. The van der Waals surface area contributed by atoms with E-state index in [1.165, 1.54) is 0 Å². The Morgan fingerprint density at radius 1 is 1.00 bits per heavy atom. The first-order valence-electron chi connectivity index (χ1n) is 6.03. The van der Waals surface area contributed by atoms with Crippen molar-refractivity contribution >= 4 is 17.3 Å². The lowest BCUT2D eigenvalue weighted by atomic mass is 10.2. The van der Waals surface area contributed by atoms with Crippen LogP contribution in [0.3, 0.4) is 0 Å². The molecule has 0 aliphatic rings. The van der Waals surface area contributed by atoms with Crippen LogP contribution in [0.2, 0.25) is 5.02 Å². The Morgan fingerprint density at radius 2 is 1.68 bits per heavy atom. The number of aryl methyl sites for hydroxylation is 1. The standard InChI is InChI=1S/C15H16ClNO2/c1-11-6-7-12(17)10-15(11)19-9-8-18-14-5-3-2-4-13(14)16/h2-7,10H,8-9,17H2,1H3. The maximum Gasteiger partial charge on any atom is 0.138 e. The zero-order valence-corrected chi connectivity index (χ0v) is 11.5. The summed E-state index contributed by atoms with van der Waals surface area (Å²) in [5.74, 6) is 1.44. The summed E-state index contributed by atoms with van der Waals surface area (Å²) in [5.41, 5.74) is 7.45. The maximum atomic E-state index is 5.98. The van der Waals surface area contributed by atoms with Gasteiger partial charge in [0, 0.05) is 11.8 Å². The maximum absolute atomic E-state index is 5.98. The second-order valence-electron chi connectivity index (χ2n) is 4.15. The molecule has 2 aromatic rings. The van der Waals surface area contributed by atoms with Gasteiger partial charge in [0.05, 0.1) is 5.02 Å². The minimum atomic E-state index is 0.429. The van der Waals surface area contributed by atoms with Crippen LogP contribution in [0.15, 0.2) is 42.5 Å². The summed E-state index contributed by atoms with van der Waals surface area (Å²) in [6, 6.07) is 13.0. The van der Waals surface area contributed by atoms with E-state index in [2.05, 4.69) is 0 Å². The van der Waals surface area contributed by atoms with Gasteiger partial charge in [-0.25, -0.2) is 0 Å². The Kier molecular flexibility index (Phi) is 4.53. The molecule has 0 saturated carbocycles. The van der Waals surface area contributed by atoms with Gasteiger partial charge in [-0.05, 0) is 30.7 Å². The first-order chi connectivity index (χ1) is 9.16. The highest BCUT2D eigenvalue weighted by Gasteiger charge is 2.02. The SMILES string of the molecule is Cc1ccc(N)cc1OCCOc1ccccc1Cl. The van der Waals surface area contributed by atoms with E-state index in [-0.39, 0.29) is 0 Å². The molecule has 0 fully saturated rings. The highest BCUT2D eigenvalue weighted by Crippen LogP contribution is 2.23. The monoisotopic (exact) mass is 277 g/mol. The summed E-state index contributed by atoms with van der Waals surface area (Å²) >= 11 is 5.98. The first kappa shape index (κ1) is 13.6. The van der Waals surface area contributed by atoms with Gasteiger partial charge in [0.2, 0.25) is 0 Å². The third-order valence-electron chi connectivity index (χ3n) is 2.65. The van der Waals surface area contributed by atoms with Crippen LogP contribution >= 0.6 is 11.6 Å². The molecular weight excluding hydrogens is 262 g/mol. The zero-order chi connectivity index (χ0) is 13.7. The van der Waals surface area contributed by atoms with E-state index in [1.807, 2.05) is 43.3 Å². The fourth-order valence-electron chi connectivity index (χ4n) is 1.64. The van der Waals surface area contributed by atoms with Gasteiger partial charge in [-0.2, -0.15) is 0 Å². The summed E-state index contributed by atoms with van der Waals surface area (Å²) in [4.78, 5) is 0. The highest BCUT2D eigenvalue weighted by atomic mass is 35.5. The molecule has 0 aliphatic carbocycles. The molecule has 0 aromatic heterocycles. The molecule has 0 saturated heterocycles. The second-order valence-corrected chi connectivity index (χ2v) is 4.56. The van der Waals surface area contributed by atoms with E-state index in [0.717, 1.165) is 11.3 Å². The number of nitrogens with two attached hydrogens (primary N) is 1. The van der Waals surface area contributed by atoms with E-state index in [0.29, 0.717) is 29.7 Å². The van der Waals surface area contributed by atoms with Crippen molar-refractivity contribution in [3.63, 3.8) is 0 Å². The average Bonchev–Trinajstić information content (AvgIpc) is 2.40. The van der Waals surface area contributed by atoms with Crippen LogP contribution in [-0.4, -0.2) is 13.2 Å². The van der Waals surface area contributed by atoms with Crippen molar-refractivity contribution in [1.82, 2.24) is 0 Å². The van der Waals surface area contributed by atoms with Gasteiger partial charge in [-0.15, -0.1) is 0 Å². The van der Waals surface area contributed by atoms with Crippen LogP contribution in [0.25, 0.3) is 0 Å². The number of hydrogen-bond acceptors (Lipinski definition) is 3. The van der Waals surface area contributed by atoms with Gasteiger partial charge in [0.1, 0.15) is 24.7 Å². The quantitative estimate of drug-likeness (QED) is 0.670. The van der Waals surface area contributed by atoms with Crippen LogP contribution < -0.4 is 15.2 Å². The minimum absolute atomic E-state index is 0.429. The van der Waals surface area contributed by atoms with Crippen molar-refractivity contribution in [2.75, 3.05) is 18.9 Å². The van der Waals surface area contributed by atoms with Crippen molar-refractivity contribution in [2.45, 2.75) is 6.92 Å². The summed E-state index contributed by atoms with van der Waals surface area (Å²) < 4.78 is 11.2. The molecule has 0 unspecified atom stereocenters. The molecule has 2 aromatic carbocycles. The molecule has 2 rings (SSSR count). The lowest BCUT2D eigenvalue weighted by Gasteiger charge is -2.11. The van der Waals surface area contributed by atoms with Crippen LogP contribution in [0.5, 0.6) is 11.5 Å². The third-order valence-corrected chi connectivity index (χ3v) is 2.96. The fraction of sp³-hybridized carbons (Fsp3) is 0.200. The van der Waals surface area contributed by atoms with E-state index >= 15 is 0 Å². The molecule has 3 nitrogen and oxygen atoms in total. The number of para-hydroxylation sites is 1. The van der Waals surface area contributed by atoms with Gasteiger partial charge in [-0.1, -0.05) is 29.8 Å². The number of ether oxygens (including phenoxy) is 2. The topological polar surface area (TPSA) is 44.5 Å². The van der Waals surface area contributed by atoms with Crippen LogP contribution in [0.4, 0.5) is 5.69 Å². The van der Waals surface area contributed by atoms with Gasteiger partial charge in [-0.3, -0.25) is 0 Å². The lowest BCUT2D eigenvalue weighted by Crippen LogP contribution is -2.10. The molecule has 2 N–H and O–H groups in total. The molecule has 100 valence electrons. The van der Waals surface area contributed by atoms with E-state index in [1.54, 1.807) is 6.07 Å². The molecule has 0 spiro atoms. The van der Waals surface area contributed by atoms with Crippen LogP contribution in [-0.2, 0) is 0 Å². The number of halogens is 1.